The van der Waals surface area contributed by atoms with Gasteiger partial charge in [0.05, 0.1) is 17.8 Å². The van der Waals surface area contributed by atoms with E-state index in [9.17, 15) is 39.6 Å². The van der Waals surface area contributed by atoms with Gasteiger partial charge in [-0.3, -0.25) is 24.1 Å². The molecule has 2 aliphatic heterocycles. The summed E-state index contributed by atoms with van der Waals surface area (Å²) in [5.74, 6) is -3.05. The zero-order valence-electron chi connectivity index (χ0n) is 18.9. The predicted octanol–water partition coefficient (Wildman–Crippen LogP) is -2.89. The van der Waals surface area contributed by atoms with Crippen molar-refractivity contribution in [1.29, 1.82) is 0 Å². The summed E-state index contributed by atoms with van der Waals surface area (Å²) < 4.78 is 15.2. The fraction of sp³-hybridized carbons (Fsp3) is 0.800. The summed E-state index contributed by atoms with van der Waals surface area (Å²) in [6.45, 7) is 2.89. The Morgan fingerprint density at radius 2 is 1.82 bits per heavy atom. The largest absolute Gasteiger partial charge is 0.466 e. The summed E-state index contributed by atoms with van der Waals surface area (Å²) in [5, 5.41) is 37.1. The molecule has 2 heterocycles. The Morgan fingerprint density at radius 3 is 2.44 bits per heavy atom. The highest BCUT2D eigenvalue weighted by molar-refractivity contribution is 8.01. The van der Waals surface area contributed by atoms with Crippen LogP contribution in [-0.4, -0.2) is 117 Å². The number of carbonyl (C=O) groups is 4. The second-order valence-corrected chi connectivity index (χ2v) is 9.46. The highest BCUT2D eigenvalue weighted by Crippen LogP contribution is 2.32. The first-order valence-electron chi connectivity index (χ1n) is 10.9. The first kappa shape index (κ1) is 28.4. The van der Waals surface area contributed by atoms with Crippen molar-refractivity contribution in [3.63, 3.8) is 0 Å². The number of carbonyl (C=O) groups excluding carboxylic acids is 4. The van der Waals surface area contributed by atoms with Crippen LogP contribution >= 0.6 is 11.8 Å². The number of hydrogen-bond donors (Lipinski definition) is 5. The number of ether oxygens (including phenoxy) is 3. The van der Waals surface area contributed by atoms with E-state index in [2.05, 4.69) is 0 Å². The zero-order chi connectivity index (χ0) is 25.6. The number of imide groups is 1. The van der Waals surface area contributed by atoms with Crippen LogP contribution in [0.2, 0.25) is 0 Å². The lowest BCUT2D eigenvalue weighted by Crippen LogP contribution is -2.58. The van der Waals surface area contributed by atoms with Gasteiger partial charge in [-0.1, -0.05) is 6.92 Å². The lowest BCUT2D eigenvalue weighted by molar-refractivity contribution is -0.287. The van der Waals surface area contributed by atoms with Gasteiger partial charge in [-0.15, -0.1) is 11.8 Å². The first-order valence-corrected chi connectivity index (χ1v) is 11.9. The number of rotatable bonds is 11. The molecule has 2 amide bonds. The van der Waals surface area contributed by atoms with Gasteiger partial charge in [0.15, 0.2) is 6.29 Å². The normalized spacial score (nSPS) is 31.3. The van der Waals surface area contributed by atoms with Crippen LogP contribution in [0, 0.1) is 5.92 Å². The molecule has 5 unspecified atom stereocenters. The number of esters is 2. The van der Waals surface area contributed by atoms with Crippen molar-refractivity contribution in [2.75, 3.05) is 26.3 Å². The van der Waals surface area contributed by atoms with Crippen LogP contribution < -0.4 is 5.73 Å². The van der Waals surface area contributed by atoms with Crippen molar-refractivity contribution < 1.29 is 53.8 Å². The maximum absolute atomic E-state index is 12.9. The number of hydrogen-bond acceptors (Lipinski definition) is 13. The van der Waals surface area contributed by atoms with E-state index in [0.717, 1.165) is 16.7 Å². The predicted molar refractivity (Wildman–Crippen MR) is 116 cm³/mol. The molecule has 0 aromatic rings. The fourth-order valence-corrected chi connectivity index (χ4v) is 5.01. The van der Waals surface area contributed by atoms with Gasteiger partial charge in [0.25, 0.3) is 0 Å². The molecule has 0 radical (unpaired) electrons. The molecular weight excluding hydrogens is 476 g/mol. The minimum absolute atomic E-state index is 0.0521. The summed E-state index contributed by atoms with van der Waals surface area (Å²) in [6, 6.07) is 0. The van der Waals surface area contributed by atoms with Gasteiger partial charge in [-0.05, 0) is 13.3 Å². The number of aliphatic hydroxyl groups is 4. The second kappa shape index (κ2) is 12.8. The Labute approximate surface area is 200 Å². The minimum Gasteiger partial charge on any atom is -0.466 e. The van der Waals surface area contributed by atoms with E-state index in [1.54, 1.807) is 13.8 Å². The molecule has 0 aliphatic carbocycles. The van der Waals surface area contributed by atoms with Crippen LogP contribution in [0.1, 0.15) is 26.7 Å². The van der Waals surface area contributed by atoms with Crippen molar-refractivity contribution in [2.45, 2.75) is 67.9 Å². The van der Waals surface area contributed by atoms with Gasteiger partial charge < -0.3 is 40.4 Å². The van der Waals surface area contributed by atoms with Crippen molar-refractivity contribution in [3.8, 4) is 0 Å². The maximum atomic E-state index is 12.9. The van der Waals surface area contributed by atoms with Crippen molar-refractivity contribution >= 4 is 35.5 Å². The molecule has 0 saturated carbocycles. The van der Waals surface area contributed by atoms with E-state index in [1.165, 1.54) is 0 Å². The van der Waals surface area contributed by atoms with Crippen molar-refractivity contribution in [2.24, 2.45) is 11.7 Å². The van der Waals surface area contributed by atoms with E-state index in [-0.39, 0.29) is 32.5 Å². The van der Waals surface area contributed by atoms with E-state index >= 15 is 0 Å². The monoisotopic (exact) mass is 508 g/mol. The Kier molecular flexibility index (Phi) is 10.7. The van der Waals surface area contributed by atoms with Crippen molar-refractivity contribution in [1.82, 2.24) is 4.90 Å². The molecule has 6 N–H and O–H groups in total. The summed E-state index contributed by atoms with van der Waals surface area (Å²) in [7, 11) is 0. The quantitative estimate of drug-likeness (QED) is 0.140. The fourth-order valence-electron chi connectivity index (χ4n) is 3.56. The van der Waals surface area contributed by atoms with Crippen LogP contribution in [0.4, 0.5) is 0 Å². The highest BCUT2D eigenvalue weighted by atomic mass is 32.2. The number of nitrogens with two attached hydrogens (primary N) is 1. The summed E-state index contributed by atoms with van der Waals surface area (Å²) >= 11 is 0.877. The molecule has 14 heteroatoms. The third-order valence-corrected chi connectivity index (χ3v) is 6.89. The van der Waals surface area contributed by atoms with E-state index in [1.807, 2.05) is 0 Å². The van der Waals surface area contributed by atoms with Gasteiger partial charge in [0.1, 0.15) is 36.3 Å². The zero-order valence-corrected chi connectivity index (χ0v) is 19.8. The van der Waals surface area contributed by atoms with Gasteiger partial charge in [-0.2, -0.15) is 0 Å². The highest BCUT2D eigenvalue weighted by Gasteiger charge is 2.45. The second-order valence-electron chi connectivity index (χ2n) is 8.05. The Morgan fingerprint density at radius 1 is 1.15 bits per heavy atom. The smallest absolute Gasteiger partial charge is 0.319 e. The van der Waals surface area contributed by atoms with Crippen LogP contribution in [0.3, 0.4) is 0 Å². The molecule has 0 bridgehead atoms. The molecule has 2 fully saturated rings. The van der Waals surface area contributed by atoms with Crippen LogP contribution in [-0.2, 0) is 33.4 Å². The Hall–Kier alpha value is -1.81. The number of aliphatic hydroxyl groups excluding tert-OH is 4. The molecule has 13 nitrogen and oxygen atoms in total. The SMILES string of the molecule is CCOC(=O)C(C)CC(SC1CC(=O)N(CCN)C1=O)C(=O)OCC1O[C@H](O)C(O)[C@@H](O)[C@@H]1O. The molecule has 0 aromatic heterocycles. The standard InChI is InChI=1S/C20H32N2O11S/c1-3-31-18(28)9(2)6-12(34-11-7-13(23)22(5-4-21)17(11)27)19(29)32-8-10-14(24)15(25)16(26)20(30)33-10/h9-12,14-16,20,24-26,30H,3-8,21H2,1-2H3/t9?,10?,11?,12?,14-,15+,16?,20+/m1/s1. The number of thioether (sulfide) groups is 1. The molecular formula is C20H32N2O11S. The molecule has 0 spiro atoms. The van der Waals surface area contributed by atoms with Gasteiger partial charge in [0, 0.05) is 19.5 Å². The van der Waals surface area contributed by atoms with E-state index < -0.39 is 77.5 Å². The van der Waals surface area contributed by atoms with Crippen LogP contribution in [0.25, 0.3) is 0 Å². The van der Waals surface area contributed by atoms with Crippen LogP contribution in [0.5, 0.6) is 0 Å². The van der Waals surface area contributed by atoms with Crippen molar-refractivity contribution in [3.05, 3.63) is 0 Å². The molecule has 8 atom stereocenters. The van der Waals surface area contributed by atoms with Gasteiger partial charge in [-0.25, -0.2) is 0 Å². The topological polar surface area (TPSA) is 206 Å². The molecule has 2 aliphatic rings. The molecule has 194 valence electrons. The number of likely N-dealkylation sites (tertiary alicyclic amines) is 1. The minimum atomic E-state index is -1.80. The molecule has 2 rings (SSSR count). The van der Waals surface area contributed by atoms with Gasteiger partial charge in [0.2, 0.25) is 11.8 Å². The lowest BCUT2D eigenvalue weighted by Gasteiger charge is -2.38. The molecule has 34 heavy (non-hydrogen) atoms. The summed E-state index contributed by atoms with van der Waals surface area (Å²) in [4.78, 5) is 50.7. The third-order valence-electron chi connectivity index (χ3n) is 5.48. The maximum Gasteiger partial charge on any atom is 0.319 e. The number of nitrogens with zero attached hydrogens (tertiary/aromatic N) is 1. The number of amides is 2. The molecule has 2 saturated heterocycles. The molecule has 0 aromatic carbocycles. The van der Waals surface area contributed by atoms with Gasteiger partial charge >= 0.3 is 11.9 Å². The lowest BCUT2D eigenvalue weighted by atomic mass is 9.99. The Bertz CT molecular complexity index is 754. The average Bonchev–Trinajstić information content (AvgIpc) is 3.06. The average molecular weight is 509 g/mol. The van der Waals surface area contributed by atoms with Crippen LogP contribution in [0.15, 0.2) is 0 Å². The van der Waals surface area contributed by atoms with E-state index in [0.29, 0.717) is 0 Å². The Balaban J connectivity index is 2.09. The third kappa shape index (κ3) is 6.87. The summed E-state index contributed by atoms with van der Waals surface area (Å²) in [6.07, 6.45) is -8.44. The summed E-state index contributed by atoms with van der Waals surface area (Å²) in [5.41, 5.74) is 5.44. The first-order chi connectivity index (χ1) is 16.0. The van der Waals surface area contributed by atoms with E-state index in [4.69, 9.17) is 19.9 Å².